The van der Waals surface area contributed by atoms with Crippen molar-refractivity contribution < 1.29 is 58.3 Å². The quantitative estimate of drug-likeness (QED) is 0.0149. The van der Waals surface area contributed by atoms with Crippen LogP contribution in [-0.2, 0) is 27.9 Å². The maximum atomic E-state index is 12.8. The summed E-state index contributed by atoms with van der Waals surface area (Å²) in [7, 11) is -5.01. The van der Waals surface area contributed by atoms with Crippen LogP contribution < -0.4 is 0 Å². The summed E-state index contributed by atoms with van der Waals surface area (Å²) >= 11 is 0. The molecule has 1 aliphatic carbocycles. The number of phosphoric ester groups is 1. The van der Waals surface area contributed by atoms with Crippen molar-refractivity contribution >= 4 is 13.8 Å². The van der Waals surface area contributed by atoms with Gasteiger partial charge in [-0.3, -0.25) is 13.8 Å². The lowest BCUT2D eigenvalue weighted by Crippen LogP contribution is -2.64. The van der Waals surface area contributed by atoms with Gasteiger partial charge in [0.25, 0.3) is 0 Å². The monoisotopic (exact) mass is 861 g/mol. The van der Waals surface area contributed by atoms with Crippen LogP contribution in [0.4, 0.5) is 0 Å². The molecule has 1 rings (SSSR count). The molecular formula is C46H85O12P. The fourth-order valence-electron chi connectivity index (χ4n) is 7.01. The first-order chi connectivity index (χ1) is 28.5. The van der Waals surface area contributed by atoms with E-state index in [0.717, 1.165) is 64.2 Å². The van der Waals surface area contributed by atoms with Gasteiger partial charge >= 0.3 is 13.8 Å². The van der Waals surface area contributed by atoms with Crippen molar-refractivity contribution in [1.82, 2.24) is 0 Å². The molecule has 13 heteroatoms. The number of carbonyl (C=O) groups is 1. The van der Waals surface area contributed by atoms with Gasteiger partial charge in [-0.25, -0.2) is 4.57 Å². The maximum absolute atomic E-state index is 12.8. The number of hydrogen-bond acceptors (Lipinski definition) is 11. The third kappa shape index (κ3) is 29.5. The minimum atomic E-state index is -5.01. The summed E-state index contributed by atoms with van der Waals surface area (Å²) < 4.78 is 34.1. The third-order valence-electron chi connectivity index (χ3n) is 10.8. The molecule has 0 aromatic heterocycles. The first-order valence-electron chi connectivity index (χ1n) is 23.3. The number of unbranched alkanes of at least 4 members (excludes halogenated alkanes) is 21. The van der Waals surface area contributed by atoms with E-state index in [4.69, 9.17) is 18.5 Å². The van der Waals surface area contributed by atoms with Crippen LogP contribution in [0.5, 0.6) is 0 Å². The van der Waals surface area contributed by atoms with E-state index in [1.165, 1.54) is 96.3 Å². The highest BCUT2D eigenvalue weighted by Gasteiger charge is 2.51. The number of ether oxygens (including phenoxy) is 2. The Morgan fingerprint density at radius 3 is 1.44 bits per heavy atom. The third-order valence-corrected chi connectivity index (χ3v) is 11.8. The molecule has 0 amide bonds. The molecule has 1 saturated carbocycles. The van der Waals surface area contributed by atoms with Gasteiger partial charge in [0.2, 0.25) is 0 Å². The number of carbonyl (C=O) groups excluding carboxylic acids is 1. The number of aliphatic hydroxyl groups is 5. The molecule has 0 radical (unpaired) electrons. The molecular weight excluding hydrogens is 775 g/mol. The topological polar surface area (TPSA) is 192 Å². The zero-order valence-electron chi connectivity index (χ0n) is 36.8. The van der Waals surface area contributed by atoms with Gasteiger partial charge in [0.15, 0.2) is 0 Å². The van der Waals surface area contributed by atoms with Crippen LogP contribution in [0.1, 0.15) is 187 Å². The zero-order chi connectivity index (χ0) is 43.4. The highest BCUT2D eigenvalue weighted by Crippen LogP contribution is 2.47. The maximum Gasteiger partial charge on any atom is 0.472 e. The predicted octanol–water partition coefficient (Wildman–Crippen LogP) is 9.48. The zero-order valence-corrected chi connectivity index (χ0v) is 37.7. The van der Waals surface area contributed by atoms with Gasteiger partial charge in [-0.15, -0.1) is 0 Å². The number of phosphoric acid groups is 1. The summed E-state index contributed by atoms with van der Waals surface area (Å²) in [6, 6.07) is 0. The van der Waals surface area contributed by atoms with E-state index in [0.29, 0.717) is 13.0 Å². The summed E-state index contributed by atoms with van der Waals surface area (Å²) in [5, 5.41) is 50.1. The molecule has 0 bridgehead atoms. The molecule has 0 spiro atoms. The molecule has 12 nitrogen and oxygen atoms in total. The van der Waals surface area contributed by atoms with Gasteiger partial charge in [0.05, 0.1) is 13.2 Å². The second-order valence-corrected chi connectivity index (χ2v) is 17.7. The minimum absolute atomic E-state index is 0.0817. The summed E-state index contributed by atoms with van der Waals surface area (Å²) in [6.45, 7) is 4.21. The number of hydrogen-bond donors (Lipinski definition) is 6. The van der Waals surface area contributed by atoms with Gasteiger partial charge in [0, 0.05) is 13.0 Å². The van der Waals surface area contributed by atoms with Crippen LogP contribution in [0.15, 0.2) is 36.5 Å². The average Bonchev–Trinajstić information content (AvgIpc) is 3.22. The number of allylic oxidation sites excluding steroid dienone is 6. The molecule has 59 heavy (non-hydrogen) atoms. The molecule has 6 unspecified atom stereocenters. The summed E-state index contributed by atoms with van der Waals surface area (Å²) in [5.74, 6) is -0.483. The SMILES string of the molecule is CCCCCCC/C=C\C/C=C\C/C=C\CCCCCCCCCOCC(COP(=O)(O)OC1C(O)C(O)C(O)C(O)C1O)OC(=O)CCCCCCCCCCCC. The molecule has 0 aromatic carbocycles. The van der Waals surface area contributed by atoms with Gasteiger partial charge in [-0.05, 0) is 51.4 Å². The second-order valence-electron chi connectivity index (χ2n) is 16.3. The van der Waals surface area contributed by atoms with Crippen LogP contribution in [0.3, 0.4) is 0 Å². The summed E-state index contributed by atoms with van der Waals surface area (Å²) in [4.78, 5) is 23.1. The fourth-order valence-corrected chi connectivity index (χ4v) is 7.98. The molecule has 0 saturated heterocycles. The molecule has 346 valence electrons. The van der Waals surface area contributed by atoms with Gasteiger partial charge < -0.3 is 39.9 Å². The first kappa shape index (κ1) is 55.6. The average molecular weight is 861 g/mol. The van der Waals surface area contributed by atoms with Crippen LogP contribution in [0.25, 0.3) is 0 Å². The smallest absolute Gasteiger partial charge is 0.457 e. The predicted molar refractivity (Wildman–Crippen MR) is 235 cm³/mol. The van der Waals surface area contributed by atoms with Crippen molar-refractivity contribution in [3.05, 3.63) is 36.5 Å². The van der Waals surface area contributed by atoms with Crippen molar-refractivity contribution in [2.24, 2.45) is 0 Å². The van der Waals surface area contributed by atoms with E-state index in [-0.39, 0.29) is 13.0 Å². The van der Waals surface area contributed by atoms with Crippen LogP contribution in [-0.4, -0.2) is 98.9 Å². The van der Waals surface area contributed by atoms with Gasteiger partial charge in [-0.2, -0.15) is 0 Å². The Hall–Kier alpha value is -1.44. The molecule has 6 atom stereocenters. The Morgan fingerprint density at radius 1 is 0.542 bits per heavy atom. The summed E-state index contributed by atoms with van der Waals surface area (Å²) in [6.07, 6.45) is 30.8. The van der Waals surface area contributed by atoms with Crippen molar-refractivity contribution in [3.8, 4) is 0 Å². The summed E-state index contributed by atoms with van der Waals surface area (Å²) in [5.41, 5.74) is 0. The lowest BCUT2D eigenvalue weighted by molar-refractivity contribution is -0.220. The van der Waals surface area contributed by atoms with E-state index < -0.39 is 63.1 Å². The molecule has 6 N–H and O–H groups in total. The highest BCUT2D eigenvalue weighted by molar-refractivity contribution is 7.47. The van der Waals surface area contributed by atoms with Crippen molar-refractivity contribution in [2.75, 3.05) is 19.8 Å². The fraction of sp³-hybridized carbons (Fsp3) is 0.848. The standard InChI is InChI=1S/C46H85O12P/c1-3-5-7-9-11-13-15-16-17-18-19-20-21-22-23-24-25-26-28-30-32-34-36-55-37-39(57-40(47)35-33-31-29-27-14-12-10-8-6-4-2)38-56-59(53,54)58-46-44(51)42(49)41(48)43(50)45(46)52/h15-16,18-19,21-22,39,41-46,48-52H,3-14,17,20,23-38H2,1-2H3,(H,53,54)/b16-15-,19-18-,22-21-. The number of esters is 1. The molecule has 0 aromatic rings. The van der Waals surface area contributed by atoms with E-state index in [1.807, 2.05) is 0 Å². The van der Waals surface area contributed by atoms with Crippen molar-refractivity contribution in [2.45, 2.75) is 230 Å². The largest absolute Gasteiger partial charge is 0.472 e. The van der Waals surface area contributed by atoms with E-state index >= 15 is 0 Å². The lowest BCUT2D eigenvalue weighted by Gasteiger charge is -2.41. The van der Waals surface area contributed by atoms with Gasteiger partial charge in [0.1, 0.15) is 42.7 Å². The number of aliphatic hydroxyl groups excluding tert-OH is 5. The van der Waals surface area contributed by atoms with E-state index in [1.54, 1.807) is 0 Å². The number of rotatable bonds is 39. The van der Waals surface area contributed by atoms with Crippen molar-refractivity contribution in [3.63, 3.8) is 0 Å². The van der Waals surface area contributed by atoms with E-state index in [9.17, 15) is 39.8 Å². The molecule has 1 aliphatic rings. The Labute approximate surface area is 357 Å². The molecule has 0 aliphatic heterocycles. The first-order valence-corrected chi connectivity index (χ1v) is 24.8. The van der Waals surface area contributed by atoms with Crippen LogP contribution in [0.2, 0.25) is 0 Å². The Balaban J connectivity index is 2.34. The minimum Gasteiger partial charge on any atom is -0.457 e. The Morgan fingerprint density at radius 2 is 0.949 bits per heavy atom. The lowest BCUT2D eigenvalue weighted by atomic mass is 9.85. The van der Waals surface area contributed by atoms with Crippen LogP contribution >= 0.6 is 7.82 Å². The highest BCUT2D eigenvalue weighted by atomic mass is 31.2. The molecule has 1 fully saturated rings. The van der Waals surface area contributed by atoms with Crippen molar-refractivity contribution in [1.29, 1.82) is 0 Å². The Bertz CT molecular complexity index is 1120. The normalized spacial score (nSPS) is 22.8. The van der Waals surface area contributed by atoms with E-state index in [2.05, 4.69) is 50.3 Å². The van der Waals surface area contributed by atoms with Gasteiger partial charge in [-0.1, -0.05) is 166 Å². The van der Waals surface area contributed by atoms with Crippen LogP contribution in [0, 0.1) is 0 Å². The second kappa shape index (κ2) is 37.1. The molecule has 0 heterocycles. The Kier molecular flexibility index (Phi) is 35.0.